The smallest absolute Gasteiger partial charge is 0.193 e. The molecule has 2 N–H and O–H groups in total. The van der Waals surface area contributed by atoms with Crippen molar-refractivity contribution >= 4 is 40.8 Å². The quantitative estimate of drug-likeness (QED) is 0.342. The maximum absolute atomic E-state index is 5.46. The fraction of sp³-hybridized carbons (Fsp3) is 0.591. The zero-order valence-electron chi connectivity index (χ0n) is 17.5. The Hall–Kier alpha value is -1.28. The van der Waals surface area contributed by atoms with Gasteiger partial charge in [0.1, 0.15) is 0 Å². The van der Waals surface area contributed by atoms with Crippen molar-refractivity contribution in [2.45, 2.75) is 39.0 Å². The first-order valence-corrected chi connectivity index (χ1v) is 10.3. The fourth-order valence-corrected chi connectivity index (χ4v) is 3.99. The number of fused-ring (bicyclic) bond motifs is 1. The summed E-state index contributed by atoms with van der Waals surface area (Å²) in [6.45, 7) is 5.98. The van der Waals surface area contributed by atoms with Crippen LogP contribution in [0, 0.1) is 5.92 Å². The molecular formula is C22H35IN4O. The van der Waals surface area contributed by atoms with E-state index in [-0.39, 0.29) is 24.0 Å². The van der Waals surface area contributed by atoms with Gasteiger partial charge in [-0.1, -0.05) is 25.1 Å². The SMILES string of the molecule is CCc1cccc2c(CCNC(=NC)N(C)CCC3CCOCC3)c[nH]c12.I. The van der Waals surface area contributed by atoms with E-state index in [1.165, 1.54) is 41.3 Å². The van der Waals surface area contributed by atoms with Gasteiger partial charge in [-0.25, -0.2) is 0 Å². The summed E-state index contributed by atoms with van der Waals surface area (Å²) in [5.74, 6) is 1.77. The summed E-state index contributed by atoms with van der Waals surface area (Å²) >= 11 is 0. The Morgan fingerprint density at radius 2 is 2.07 bits per heavy atom. The van der Waals surface area contributed by atoms with Gasteiger partial charge in [-0.2, -0.15) is 0 Å². The molecule has 0 radical (unpaired) electrons. The summed E-state index contributed by atoms with van der Waals surface area (Å²) in [6.07, 6.45) is 7.80. The highest BCUT2D eigenvalue weighted by molar-refractivity contribution is 14.0. The van der Waals surface area contributed by atoms with E-state index in [2.05, 4.69) is 58.6 Å². The van der Waals surface area contributed by atoms with E-state index in [4.69, 9.17) is 4.74 Å². The van der Waals surface area contributed by atoms with Crippen molar-refractivity contribution in [2.24, 2.45) is 10.9 Å². The summed E-state index contributed by atoms with van der Waals surface area (Å²) < 4.78 is 5.46. The molecule has 3 rings (SSSR count). The van der Waals surface area contributed by atoms with Crippen molar-refractivity contribution in [1.82, 2.24) is 15.2 Å². The maximum Gasteiger partial charge on any atom is 0.193 e. The topological polar surface area (TPSA) is 52.6 Å². The molecule has 1 fully saturated rings. The minimum absolute atomic E-state index is 0. The highest BCUT2D eigenvalue weighted by Gasteiger charge is 2.15. The predicted octanol–water partition coefficient (Wildman–Crippen LogP) is 4.21. The van der Waals surface area contributed by atoms with Crippen LogP contribution in [0.4, 0.5) is 0 Å². The van der Waals surface area contributed by atoms with Crippen LogP contribution in [0.2, 0.25) is 0 Å². The number of H-pyrrole nitrogens is 1. The molecule has 0 amide bonds. The van der Waals surface area contributed by atoms with E-state index in [9.17, 15) is 0 Å². The van der Waals surface area contributed by atoms with Crippen molar-refractivity contribution in [3.05, 3.63) is 35.5 Å². The molecule has 0 atom stereocenters. The van der Waals surface area contributed by atoms with E-state index < -0.39 is 0 Å². The monoisotopic (exact) mass is 498 g/mol. The number of aliphatic imine (C=N–C) groups is 1. The van der Waals surface area contributed by atoms with Crippen molar-refractivity contribution in [3.8, 4) is 0 Å². The second-order valence-electron chi connectivity index (χ2n) is 7.50. The van der Waals surface area contributed by atoms with E-state index in [0.29, 0.717) is 0 Å². The van der Waals surface area contributed by atoms with Gasteiger partial charge in [0, 0.05) is 57.5 Å². The van der Waals surface area contributed by atoms with Crippen molar-refractivity contribution < 1.29 is 4.74 Å². The molecule has 1 aliphatic heterocycles. The average molecular weight is 498 g/mol. The Labute approximate surface area is 186 Å². The second-order valence-corrected chi connectivity index (χ2v) is 7.50. The predicted molar refractivity (Wildman–Crippen MR) is 129 cm³/mol. The van der Waals surface area contributed by atoms with Crippen molar-refractivity contribution in [3.63, 3.8) is 0 Å². The molecular weight excluding hydrogens is 463 g/mol. The second kappa shape index (κ2) is 11.7. The van der Waals surface area contributed by atoms with Gasteiger partial charge in [-0.3, -0.25) is 4.99 Å². The number of nitrogens with zero attached hydrogens (tertiary/aromatic N) is 2. The average Bonchev–Trinajstić information content (AvgIpc) is 3.13. The molecule has 0 saturated carbocycles. The molecule has 1 saturated heterocycles. The highest BCUT2D eigenvalue weighted by Crippen LogP contribution is 2.22. The fourth-order valence-electron chi connectivity index (χ4n) is 3.99. The zero-order chi connectivity index (χ0) is 19.1. The molecule has 28 heavy (non-hydrogen) atoms. The number of aromatic amines is 1. The van der Waals surface area contributed by atoms with Gasteiger partial charge in [-0.05, 0) is 49.1 Å². The van der Waals surface area contributed by atoms with Gasteiger partial charge in [0.15, 0.2) is 5.96 Å². The third-order valence-corrected chi connectivity index (χ3v) is 5.73. The van der Waals surface area contributed by atoms with Crippen LogP contribution in [0.5, 0.6) is 0 Å². The molecule has 5 nitrogen and oxygen atoms in total. The van der Waals surface area contributed by atoms with Crippen molar-refractivity contribution in [2.75, 3.05) is 40.4 Å². The standard InChI is InChI=1S/C22H34N4O.HI/c1-4-18-6-5-7-20-19(16-25-21(18)20)8-12-24-22(23-2)26(3)13-9-17-10-14-27-15-11-17;/h5-7,16-17,25H,4,8-15H2,1-3H3,(H,23,24);1H. The molecule has 1 aliphatic rings. The maximum atomic E-state index is 5.46. The van der Waals surface area contributed by atoms with E-state index in [1.807, 2.05) is 7.05 Å². The van der Waals surface area contributed by atoms with Gasteiger partial charge in [0.2, 0.25) is 0 Å². The number of nitrogens with one attached hydrogen (secondary N) is 2. The van der Waals surface area contributed by atoms with Crippen molar-refractivity contribution in [1.29, 1.82) is 0 Å². The summed E-state index contributed by atoms with van der Waals surface area (Å²) in [6, 6.07) is 6.58. The van der Waals surface area contributed by atoms with Gasteiger partial charge >= 0.3 is 0 Å². The minimum Gasteiger partial charge on any atom is -0.381 e. The number of rotatable bonds is 7. The molecule has 2 heterocycles. The molecule has 1 aromatic carbocycles. The summed E-state index contributed by atoms with van der Waals surface area (Å²) in [7, 11) is 4.00. The molecule has 0 unspecified atom stereocenters. The lowest BCUT2D eigenvalue weighted by Crippen LogP contribution is -2.40. The number of hydrogen-bond acceptors (Lipinski definition) is 2. The number of aryl methyl sites for hydroxylation is 1. The zero-order valence-corrected chi connectivity index (χ0v) is 19.8. The van der Waals surface area contributed by atoms with Crippen LogP contribution in [0.1, 0.15) is 37.3 Å². The largest absolute Gasteiger partial charge is 0.381 e. The van der Waals surface area contributed by atoms with Crippen LogP contribution < -0.4 is 5.32 Å². The third kappa shape index (κ3) is 5.86. The molecule has 0 bridgehead atoms. The molecule has 0 aliphatic carbocycles. The Bertz CT molecular complexity index is 752. The van der Waals surface area contributed by atoms with E-state index >= 15 is 0 Å². The Kier molecular flexibility index (Phi) is 9.58. The first-order chi connectivity index (χ1) is 13.2. The van der Waals surface area contributed by atoms with Crippen LogP contribution in [0.25, 0.3) is 10.9 Å². The number of hydrogen-bond donors (Lipinski definition) is 2. The Balaban J connectivity index is 0.00000280. The summed E-state index contributed by atoms with van der Waals surface area (Å²) in [4.78, 5) is 10.2. The lowest BCUT2D eigenvalue weighted by atomic mass is 9.96. The molecule has 0 spiro atoms. The van der Waals surface area contributed by atoms with Crippen LogP contribution in [-0.4, -0.2) is 56.2 Å². The lowest BCUT2D eigenvalue weighted by molar-refractivity contribution is 0.0625. The number of para-hydroxylation sites is 1. The number of ether oxygens (including phenoxy) is 1. The lowest BCUT2D eigenvalue weighted by Gasteiger charge is -2.26. The van der Waals surface area contributed by atoms with Gasteiger partial charge in [-0.15, -0.1) is 24.0 Å². The minimum atomic E-state index is 0. The summed E-state index contributed by atoms with van der Waals surface area (Å²) in [5.41, 5.74) is 4.04. The van der Waals surface area contributed by atoms with E-state index in [0.717, 1.165) is 51.0 Å². The normalized spacial score (nSPS) is 15.5. The molecule has 1 aromatic heterocycles. The van der Waals surface area contributed by atoms with Crippen LogP contribution >= 0.6 is 24.0 Å². The highest BCUT2D eigenvalue weighted by atomic mass is 127. The molecule has 6 heteroatoms. The van der Waals surface area contributed by atoms with Gasteiger partial charge in [0.25, 0.3) is 0 Å². The van der Waals surface area contributed by atoms with Gasteiger partial charge in [0.05, 0.1) is 0 Å². The Morgan fingerprint density at radius 1 is 1.29 bits per heavy atom. The number of halogens is 1. The summed E-state index contributed by atoms with van der Waals surface area (Å²) in [5, 5.41) is 4.87. The first-order valence-electron chi connectivity index (χ1n) is 10.3. The van der Waals surface area contributed by atoms with Gasteiger partial charge < -0.3 is 19.9 Å². The van der Waals surface area contributed by atoms with E-state index in [1.54, 1.807) is 0 Å². The van der Waals surface area contributed by atoms with Crippen LogP contribution in [-0.2, 0) is 17.6 Å². The first kappa shape index (κ1) is 23.0. The molecule has 2 aromatic rings. The number of benzene rings is 1. The number of aromatic nitrogens is 1. The van der Waals surface area contributed by atoms with Crippen LogP contribution in [0.3, 0.4) is 0 Å². The number of guanidine groups is 1. The molecule has 156 valence electrons. The Morgan fingerprint density at radius 3 is 2.79 bits per heavy atom. The third-order valence-electron chi connectivity index (χ3n) is 5.73. The van der Waals surface area contributed by atoms with Crippen LogP contribution in [0.15, 0.2) is 29.4 Å².